The van der Waals surface area contributed by atoms with E-state index in [0.717, 1.165) is 23.3 Å². The monoisotopic (exact) mass is 364 g/mol. The molecule has 0 aliphatic heterocycles. The van der Waals surface area contributed by atoms with Crippen molar-refractivity contribution in [1.29, 1.82) is 0 Å². The fourth-order valence-electron chi connectivity index (χ4n) is 3.02. The summed E-state index contributed by atoms with van der Waals surface area (Å²) in [4.78, 5) is 0. The van der Waals surface area contributed by atoms with Gasteiger partial charge in [0, 0.05) is 5.39 Å². The van der Waals surface area contributed by atoms with Gasteiger partial charge in [-0.15, -0.1) is 0 Å². The van der Waals surface area contributed by atoms with Crippen molar-refractivity contribution in [2.75, 3.05) is 13.2 Å². The number of benzene rings is 3. The van der Waals surface area contributed by atoms with Gasteiger partial charge in [-0.2, -0.15) is 0 Å². The Morgan fingerprint density at radius 2 is 1.56 bits per heavy atom. The van der Waals surface area contributed by atoms with Gasteiger partial charge in [-0.1, -0.05) is 62.4 Å². The third-order valence-corrected chi connectivity index (χ3v) is 4.81. The Morgan fingerprint density at radius 1 is 0.815 bits per heavy atom. The summed E-state index contributed by atoms with van der Waals surface area (Å²) in [7, 11) is 0. The van der Waals surface area contributed by atoms with E-state index in [1.165, 1.54) is 10.9 Å². The molecule has 0 radical (unpaired) electrons. The first-order chi connectivity index (χ1) is 13.2. The van der Waals surface area contributed by atoms with Crippen LogP contribution in [0.15, 0.2) is 66.7 Å². The maximum atomic E-state index is 5.89. The topological polar surface area (TPSA) is 27.7 Å². The lowest BCUT2D eigenvalue weighted by atomic mass is 9.99. The molecule has 27 heavy (non-hydrogen) atoms. The highest BCUT2D eigenvalue weighted by Crippen LogP contribution is 2.25. The molecule has 0 saturated heterocycles. The van der Waals surface area contributed by atoms with E-state index in [9.17, 15) is 0 Å². The van der Waals surface area contributed by atoms with Gasteiger partial charge in [-0.05, 0) is 48.4 Å². The molecule has 3 heteroatoms. The van der Waals surface area contributed by atoms with Crippen molar-refractivity contribution in [3.8, 4) is 11.5 Å². The van der Waals surface area contributed by atoms with Crippen LogP contribution in [0.1, 0.15) is 38.7 Å². The molecular formula is C24H28O3. The molecule has 142 valence electrons. The summed E-state index contributed by atoms with van der Waals surface area (Å²) in [5, 5.41) is 2.29. The Hall–Kier alpha value is -2.52. The lowest BCUT2D eigenvalue weighted by Crippen LogP contribution is -2.19. The van der Waals surface area contributed by atoms with E-state index < -0.39 is 0 Å². The molecule has 0 heterocycles. The van der Waals surface area contributed by atoms with Crippen molar-refractivity contribution in [3.63, 3.8) is 0 Å². The van der Waals surface area contributed by atoms with Gasteiger partial charge in [0.05, 0.1) is 6.61 Å². The predicted octanol–water partition coefficient (Wildman–Crippen LogP) is 6.17. The van der Waals surface area contributed by atoms with E-state index in [1.54, 1.807) is 0 Å². The van der Waals surface area contributed by atoms with Gasteiger partial charge >= 0.3 is 0 Å². The normalized spacial score (nSPS) is 13.3. The van der Waals surface area contributed by atoms with Gasteiger partial charge in [0.25, 0.3) is 0 Å². The molecule has 3 aromatic carbocycles. The minimum atomic E-state index is -0.324. The van der Waals surface area contributed by atoms with Crippen molar-refractivity contribution >= 4 is 10.8 Å². The van der Waals surface area contributed by atoms with Crippen LogP contribution in [-0.4, -0.2) is 19.5 Å². The zero-order valence-corrected chi connectivity index (χ0v) is 16.4. The summed E-state index contributed by atoms with van der Waals surface area (Å²) in [6.45, 7) is 7.29. The first-order valence-corrected chi connectivity index (χ1v) is 9.66. The standard InChI is InChI=1S/C24H28O3/c1-4-18(2)20-12-14-22(15-13-20)27-19(3)25-16-17-26-24-11-7-9-21-8-5-6-10-23(21)24/h5-15,18-19H,4,16-17H2,1-3H3. The summed E-state index contributed by atoms with van der Waals surface area (Å²) < 4.78 is 17.5. The summed E-state index contributed by atoms with van der Waals surface area (Å²) in [6.07, 6.45) is 0.812. The van der Waals surface area contributed by atoms with E-state index >= 15 is 0 Å². The summed E-state index contributed by atoms with van der Waals surface area (Å²) >= 11 is 0. The molecule has 0 aromatic heterocycles. The second-order valence-electron chi connectivity index (χ2n) is 6.76. The number of hydrogen-bond acceptors (Lipinski definition) is 3. The summed E-state index contributed by atoms with van der Waals surface area (Å²) in [5.74, 6) is 2.27. The Morgan fingerprint density at radius 3 is 2.33 bits per heavy atom. The van der Waals surface area contributed by atoms with Crippen molar-refractivity contribution in [1.82, 2.24) is 0 Å². The van der Waals surface area contributed by atoms with Gasteiger partial charge in [-0.3, -0.25) is 0 Å². The molecule has 0 N–H and O–H groups in total. The highest BCUT2D eigenvalue weighted by Gasteiger charge is 2.07. The average molecular weight is 364 g/mol. The van der Waals surface area contributed by atoms with Crippen LogP contribution in [0.2, 0.25) is 0 Å². The molecule has 2 unspecified atom stereocenters. The molecule has 3 aromatic rings. The second kappa shape index (κ2) is 9.43. The molecule has 0 saturated carbocycles. The first kappa shape index (κ1) is 19.2. The predicted molar refractivity (Wildman–Crippen MR) is 111 cm³/mol. The molecule has 3 nitrogen and oxygen atoms in total. The van der Waals surface area contributed by atoms with Crippen molar-refractivity contribution < 1.29 is 14.2 Å². The molecule has 0 fully saturated rings. The fourth-order valence-corrected chi connectivity index (χ4v) is 3.02. The minimum absolute atomic E-state index is 0.324. The molecule has 0 bridgehead atoms. The Bertz CT molecular complexity index is 836. The van der Waals surface area contributed by atoms with Gasteiger partial charge in [0.1, 0.15) is 18.1 Å². The van der Waals surface area contributed by atoms with E-state index in [-0.39, 0.29) is 6.29 Å². The molecule has 2 atom stereocenters. The molecule has 0 spiro atoms. The van der Waals surface area contributed by atoms with Crippen LogP contribution in [0.3, 0.4) is 0 Å². The van der Waals surface area contributed by atoms with E-state index in [2.05, 4.69) is 44.2 Å². The van der Waals surface area contributed by atoms with Gasteiger partial charge in [0.15, 0.2) is 6.29 Å². The quantitative estimate of drug-likeness (QED) is 0.335. The highest BCUT2D eigenvalue weighted by molar-refractivity contribution is 5.88. The number of rotatable bonds is 9. The fraction of sp³-hybridized carbons (Fsp3) is 0.333. The lowest BCUT2D eigenvalue weighted by molar-refractivity contribution is -0.0738. The first-order valence-electron chi connectivity index (χ1n) is 9.66. The Balaban J connectivity index is 1.45. The van der Waals surface area contributed by atoms with Crippen molar-refractivity contribution in [3.05, 3.63) is 72.3 Å². The molecule has 3 rings (SSSR count). The average Bonchev–Trinajstić information content (AvgIpc) is 2.71. The third kappa shape index (κ3) is 5.24. The molecule has 0 aliphatic rings. The molecule has 0 amide bonds. The maximum Gasteiger partial charge on any atom is 0.197 e. The lowest BCUT2D eigenvalue weighted by Gasteiger charge is -2.17. The van der Waals surface area contributed by atoms with Crippen LogP contribution in [-0.2, 0) is 4.74 Å². The maximum absolute atomic E-state index is 5.89. The molecular weight excluding hydrogens is 336 g/mol. The van der Waals surface area contributed by atoms with Gasteiger partial charge < -0.3 is 14.2 Å². The minimum Gasteiger partial charge on any atom is -0.491 e. The molecule has 0 aliphatic carbocycles. The van der Waals surface area contributed by atoms with Crippen LogP contribution >= 0.6 is 0 Å². The van der Waals surface area contributed by atoms with Crippen LogP contribution in [0.25, 0.3) is 10.8 Å². The summed E-state index contributed by atoms with van der Waals surface area (Å²) in [5.41, 5.74) is 1.34. The van der Waals surface area contributed by atoms with Crippen LogP contribution < -0.4 is 9.47 Å². The third-order valence-electron chi connectivity index (χ3n) is 4.81. The number of ether oxygens (including phenoxy) is 3. The highest BCUT2D eigenvalue weighted by atomic mass is 16.7. The van der Waals surface area contributed by atoms with Crippen LogP contribution in [0.5, 0.6) is 11.5 Å². The SMILES string of the molecule is CCC(C)c1ccc(OC(C)OCCOc2cccc3ccccc23)cc1. The van der Waals surface area contributed by atoms with E-state index in [1.807, 2.05) is 43.3 Å². The van der Waals surface area contributed by atoms with E-state index in [4.69, 9.17) is 14.2 Å². The van der Waals surface area contributed by atoms with Gasteiger partial charge in [-0.25, -0.2) is 0 Å². The van der Waals surface area contributed by atoms with Crippen molar-refractivity contribution in [2.45, 2.75) is 39.4 Å². The van der Waals surface area contributed by atoms with Crippen molar-refractivity contribution in [2.24, 2.45) is 0 Å². The van der Waals surface area contributed by atoms with Gasteiger partial charge in [0.2, 0.25) is 0 Å². The largest absolute Gasteiger partial charge is 0.491 e. The zero-order chi connectivity index (χ0) is 19.1. The summed E-state index contributed by atoms with van der Waals surface area (Å²) in [6, 6.07) is 22.6. The van der Waals surface area contributed by atoms with Crippen LogP contribution in [0.4, 0.5) is 0 Å². The number of fused-ring (bicyclic) bond motifs is 1. The van der Waals surface area contributed by atoms with E-state index in [0.29, 0.717) is 19.1 Å². The zero-order valence-electron chi connectivity index (χ0n) is 16.4. The Labute approximate surface area is 161 Å². The second-order valence-corrected chi connectivity index (χ2v) is 6.76. The van der Waals surface area contributed by atoms with Crippen LogP contribution in [0, 0.1) is 0 Å². The Kier molecular flexibility index (Phi) is 6.72. The smallest absolute Gasteiger partial charge is 0.197 e. The number of hydrogen-bond donors (Lipinski definition) is 0.